The third-order valence-electron chi connectivity index (χ3n) is 1.99. The second-order valence-electron chi connectivity index (χ2n) is 2.96. The highest BCUT2D eigenvalue weighted by Crippen LogP contribution is 2.23. The Kier molecular flexibility index (Phi) is 1.93. The predicted octanol–water partition coefficient (Wildman–Crippen LogP) is 1.92. The molecule has 0 saturated carbocycles. The molecule has 0 radical (unpaired) electrons. The Bertz CT molecular complexity index is 519. The number of fused-ring (bicyclic) bond motifs is 1. The van der Waals surface area contributed by atoms with Gasteiger partial charge in [0.05, 0.1) is 5.02 Å². The van der Waals surface area contributed by atoms with Gasteiger partial charge in [0.15, 0.2) is 5.69 Å². The number of halogens is 1. The molecule has 0 saturated heterocycles. The SMILES string of the molecule is Cn1cc(Cl)c2ccc(C(=O)O)nc21. The van der Waals surface area contributed by atoms with E-state index in [0.29, 0.717) is 10.7 Å². The fourth-order valence-corrected chi connectivity index (χ4v) is 1.62. The summed E-state index contributed by atoms with van der Waals surface area (Å²) in [6, 6.07) is 3.10. The van der Waals surface area contributed by atoms with Gasteiger partial charge in [-0.2, -0.15) is 0 Å². The van der Waals surface area contributed by atoms with Crippen molar-refractivity contribution >= 4 is 28.6 Å². The zero-order valence-corrected chi connectivity index (χ0v) is 8.12. The van der Waals surface area contributed by atoms with Crippen LogP contribution in [0, 0.1) is 0 Å². The van der Waals surface area contributed by atoms with E-state index in [0.717, 1.165) is 5.39 Å². The van der Waals surface area contributed by atoms with E-state index in [1.54, 1.807) is 23.9 Å². The molecule has 0 aliphatic rings. The number of aromatic carboxylic acids is 1. The van der Waals surface area contributed by atoms with Gasteiger partial charge in [-0.25, -0.2) is 9.78 Å². The molecule has 0 amide bonds. The predicted molar refractivity (Wildman–Crippen MR) is 52.7 cm³/mol. The molecule has 2 aromatic heterocycles. The van der Waals surface area contributed by atoms with Gasteiger partial charge in [-0.15, -0.1) is 0 Å². The minimum Gasteiger partial charge on any atom is -0.477 e. The molecular weight excluding hydrogens is 204 g/mol. The topological polar surface area (TPSA) is 55.1 Å². The Labute approximate surface area is 84.7 Å². The number of aryl methyl sites for hydroxylation is 1. The first-order valence-electron chi connectivity index (χ1n) is 3.94. The molecule has 14 heavy (non-hydrogen) atoms. The van der Waals surface area contributed by atoms with Crippen molar-refractivity contribution in [2.24, 2.45) is 7.05 Å². The van der Waals surface area contributed by atoms with E-state index in [2.05, 4.69) is 4.98 Å². The average molecular weight is 211 g/mol. The molecule has 0 bridgehead atoms. The molecule has 0 aromatic carbocycles. The van der Waals surface area contributed by atoms with Crippen LogP contribution in [0.5, 0.6) is 0 Å². The van der Waals surface area contributed by atoms with Crippen LogP contribution in [0.3, 0.4) is 0 Å². The van der Waals surface area contributed by atoms with Crippen molar-refractivity contribution in [2.45, 2.75) is 0 Å². The van der Waals surface area contributed by atoms with Crippen LogP contribution in [-0.2, 0) is 7.05 Å². The minimum absolute atomic E-state index is 0.0235. The zero-order valence-electron chi connectivity index (χ0n) is 7.36. The normalized spacial score (nSPS) is 10.7. The molecule has 0 aliphatic carbocycles. The van der Waals surface area contributed by atoms with Crippen molar-refractivity contribution in [1.82, 2.24) is 9.55 Å². The van der Waals surface area contributed by atoms with Crippen LogP contribution >= 0.6 is 11.6 Å². The first-order valence-corrected chi connectivity index (χ1v) is 4.32. The number of aromatic nitrogens is 2. The summed E-state index contributed by atoms with van der Waals surface area (Å²) >= 11 is 5.90. The molecule has 0 unspecified atom stereocenters. The monoisotopic (exact) mass is 210 g/mol. The standard InChI is InChI=1S/C9H7ClN2O2/c1-12-4-6(10)5-2-3-7(9(13)14)11-8(5)12/h2-4H,1H3,(H,13,14). The first-order chi connectivity index (χ1) is 6.59. The molecule has 0 aliphatic heterocycles. The van der Waals surface area contributed by atoms with Crippen molar-refractivity contribution in [3.63, 3.8) is 0 Å². The largest absolute Gasteiger partial charge is 0.477 e. The van der Waals surface area contributed by atoms with Crippen molar-refractivity contribution in [3.8, 4) is 0 Å². The third-order valence-corrected chi connectivity index (χ3v) is 2.29. The summed E-state index contributed by atoms with van der Waals surface area (Å²) in [5.74, 6) is -1.04. The van der Waals surface area contributed by atoms with Gasteiger partial charge < -0.3 is 9.67 Å². The summed E-state index contributed by atoms with van der Waals surface area (Å²) in [5.41, 5.74) is 0.602. The highest BCUT2D eigenvalue weighted by Gasteiger charge is 2.10. The number of carbonyl (C=O) groups is 1. The van der Waals surface area contributed by atoms with E-state index in [1.807, 2.05) is 0 Å². The van der Waals surface area contributed by atoms with Crippen molar-refractivity contribution in [3.05, 3.63) is 29.0 Å². The second kappa shape index (κ2) is 2.99. The van der Waals surface area contributed by atoms with E-state index in [9.17, 15) is 4.79 Å². The lowest BCUT2D eigenvalue weighted by atomic mass is 10.3. The molecule has 5 heteroatoms. The number of hydrogen-bond donors (Lipinski definition) is 1. The highest BCUT2D eigenvalue weighted by molar-refractivity contribution is 6.35. The van der Waals surface area contributed by atoms with E-state index < -0.39 is 5.97 Å². The maximum absolute atomic E-state index is 10.7. The van der Waals surface area contributed by atoms with Crippen molar-refractivity contribution in [2.75, 3.05) is 0 Å². The van der Waals surface area contributed by atoms with Crippen LogP contribution in [0.2, 0.25) is 5.02 Å². The quantitative estimate of drug-likeness (QED) is 0.783. The van der Waals surface area contributed by atoms with E-state index in [1.165, 1.54) is 6.07 Å². The lowest BCUT2D eigenvalue weighted by Crippen LogP contribution is -2.00. The van der Waals surface area contributed by atoms with Crippen LogP contribution < -0.4 is 0 Å². The highest BCUT2D eigenvalue weighted by atomic mass is 35.5. The van der Waals surface area contributed by atoms with Gasteiger partial charge in [0.1, 0.15) is 5.65 Å². The molecule has 2 heterocycles. The summed E-state index contributed by atoms with van der Waals surface area (Å²) in [4.78, 5) is 14.6. The number of pyridine rings is 1. The van der Waals surface area contributed by atoms with E-state index >= 15 is 0 Å². The van der Waals surface area contributed by atoms with Crippen molar-refractivity contribution in [1.29, 1.82) is 0 Å². The molecule has 72 valence electrons. The molecule has 0 atom stereocenters. The summed E-state index contributed by atoms with van der Waals surface area (Å²) in [6.45, 7) is 0. The summed E-state index contributed by atoms with van der Waals surface area (Å²) in [6.07, 6.45) is 1.70. The van der Waals surface area contributed by atoms with Crippen LogP contribution in [0.4, 0.5) is 0 Å². The van der Waals surface area contributed by atoms with E-state index in [-0.39, 0.29) is 5.69 Å². The summed E-state index contributed by atoms with van der Waals surface area (Å²) < 4.78 is 1.70. The second-order valence-corrected chi connectivity index (χ2v) is 3.37. The zero-order chi connectivity index (χ0) is 10.3. The van der Waals surface area contributed by atoms with Crippen LogP contribution in [0.15, 0.2) is 18.3 Å². The Morgan fingerprint density at radius 3 is 2.93 bits per heavy atom. The first kappa shape index (κ1) is 9.02. The average Bonchev–Trinajstić information content (AvgIpc) is 2.42. The molecule has 1 N–H and O–H groups in total. The van der Waals surface area contributed by atoms with Crippen LogP contribution in [0.25, 0.3) is 11.0 Å². The van der Waals surface area contributed by atoms with Crippen LogP contribution in [0.1, 0.15) is 10.5 Å². The third kappa shape index (κ3) is 1.24. The number of hydrogen-bond acceptors (Lipinski definition) is 2. The van der Waals surface area contributed by atoms with Gasteiger partial charge >= 0.3 is 5.97 Å². The van der Waals surface area contributed by atoms with Gasteiger partial charge in [-0.1, -0.05) is 11.6 Å². The fraction of sp³-hybridized carbons (Fsp3) is 0.111. The van der Waals surface area contributed by atoms with Crippen LogP contribution in [-0.4, -0.2) is 20.6 Å². The van der Waals surface area contributed by atoms with E-state index in [4.69, 9.17) is 16.7 Å². The molecule has 2 rings (SSSR count). The molecular formula is C9H7ClN2O2. The lowest BCUT2D eigenvalue weighted by Gasteiger charge is -1.96. The Hall–Kier alpha value is -1.55. The smallest absolute Gasteiger partial charge is 0.354 e. The maximum atomic E-state index is 10.7. The lowest BCUT2D eigenvalue weighted by molar-refractivity contribution is 0.0691. The van der Waals surface area contributed by atoms with Gasteiger partial charge in [-0.05, 0) is 12.1 Å². The van der Waals surface area contributed by atoms with Gasteiger partial charge in [0, 0.05) is 18.6 Å². The summed E-state index contributed by atoms with van der Waals surface area (Å²) in [7, 11) is 1.77. The molecule has 0 spiro atoms. The molecule has 4 nitrogen and oxygen atoms in total. The summed E-state index contributed by atoms with van der Waals surface area (Å²) in [5, 5.41) is 10.1. The van der Waals surface area contributed by atoms with Gasteiger partial charge in [-0.3, -0.25) is 0 Å². The maximum Gasteiger partial charge on any atom is 0.354 e. The Morgan fingerprint density at radius 1 is 1.57 bits per heavy atom. The molecule has 2 aromatic rings. The fourth-order valence-electron chi connectivity index (χ4n) is 1.32. The molecule has 0 fully saturated rings. The number of nitrogens with zero attached hydrogens (tertiary/aromatic N) is 2. The Balaban J connectivity index is 2.77. The minimum atomic E-state index is -1.04. The van der Waals surface area contributed by atoms with Gasteiger partial charge in [0.25, 0.3) is 0 Å². The Morgan fingerprint density at radius 2 is 2.29 bits per heavy atom. The number of carboxylic acid groups (broad SMARTS) is 1. The van der Waals surface area contributed by atoms with Crippen molar-refractivity contribution < 1.29 is 9.90 Å². The number of carboxylic acids is 1. The van der Waals surface area contributed by atoms with Gasteiger partial charge in [0.2, 0.25) is 0 Å². The number of rotatable bonds is 1.